The van der Waals surface area contributed by atoms with Crippen LogP contribution in [0.5, 0.6) is 0 Å². The molecule has 1 heterocycles. The van der Waals surface area contributed by atoms with Gasteiger partial charge in [-0.25, -0.2) is 13.1 Å². The van der Waals surface area contributed by atoms with Crippen molar-refractivity contribution in [3.05, 3.63) is 17.9 Å². The van der Waals surface area contributed by atoms with E-state index in [4.69, 9.17) is 9.15 Å². The van der Waals surface area contributed by atoms with Crippen molar-refractivity contribution in [2.24, 2.45) is 0 Å². The third kappa shape index (κ3) is 4.77. The van der Waals surface area contributed by atoms with Gasteiger partial charge in [-0.2, -0.15) is 0 Å². The fourth-order valence-electron chi connectivity index (χ4n) is 1.35. The fraction of sp³-hybridized carbons (Fsp3) is 0.636. The highest BCUT2D eigenvalue weighted by Crippen LogP contribution is 2.12. The van der Waals surface area contributed by atoms with Crippen LogP contribution in [0.25, 0.3) is 0 Å². The molecule has 0 saturated carbocycles. The summed E-state index contributed by atoms with van der Waals surface area (Å²) in [6.45, 7) is 4.71. The van der Waals surface area contributed by atoms with E-state index in [0.717, 1.165) is 26.2 Å². The van der Waals surface area contributed by atoms with Gasteiger partial charge in [0.2, 0.25) is 5.09 Å². The number of furan rings is 1. The molecule has 1 aromatic heterocycles. The third-order valence-corrected chi connectivity index (χ3v) is 3.60. The van der Waals surface area contributed by atoms with Crippen LogP contribution in [0.4, 0.5) is 0 Å². The zero-order valence-corrected chi connectivity index (χ0v) is 11.5. The lowest BCUT2D eigenvalue weighted by molar-refractivity contribution is 0.144. The van der Waals surface area contributed by atoms with Crippen molar-refractivity contribution < 1.29 is 17.6 Å². The molecule has 6 nitrogen and oxygen atoms in total. The Morgan fingerprint density at radius 2 is 2.17 bits per heavy atom. The number of nitrogens with one attached hydrogen (secondary N) is 2. The summed E-state index contributed by atoms with van der Waals surface area (Å²) in [5.74, 6) is 0.597. The van der Waals surface area contributed by atoms with Crippen LogP contribution in [-0.4, -0.2) is 35.2 Å². The Morgan fingerprint density at radius 3 is 2.83 bits per heavy atom. The molecule has 0 aliphatic heterocycles. The molecule has 0 fully saturated rings. The molecule has 0 saturated heterocycles. The van der Waals surface area contributed by atoms with Crippen molar-refractivity contribution in [2.75, 3.05) is 26.8 Å². The van der Waals surface area contributed by atoms with Crippen LogP contribution in [0.3, 0.4) is 0 Å². The predicted octanol–water partition coefficient (Wildman–Crippen LogP) is 0.704. The first kappa shape index (κ1) is 15.2. The highest BCUT2D eigenvalue weighted by Gasteiger charge is 2.15. The summed E-state index contributed by atoms with van der Waals surface area (Å²) in [4.78, 5) is 0. The molecule has 0 atom stereocenters. The standard InChI is InChI=1S/C11H20N2O4S/c1-3-16-8-4-7-13-9-10-5-6-11(17-10)18(14,15)12-2/h5-6,12-13H,3-4,7-9H2,1-2H3. The Kier molecular flexibility index (Phi) is 6.34. The predicted molar refractivity (Wildman–Crippen MR) is 67.8 cm³/mol. The lowest BCUT2D eigenvalue weighted by atomic mass is 10.4. The van der Waals surface area contributed by atoms with Crippen LogP contribution < -0.4 is 10.0 Å². The minimum Gasteiger partial charge on any atom is -0.447 e. The SMILES string of the molecule is CCOCCCNCc1ccc(S(=O)(=O)NC)o1. The van der Waals surface area contributed by atoms with Crippen LogP contribution in [0.1, 0.15) is 19.1 Å². The Labute approximate surface area is 108 Å². The molecule has 0 aromatic carbocycles. The minimum absolute atomic E-state index is 0.0592. The highest BCUT2D eigenvalue weighted by atomic mass is 32.2. The van der Waals surface area contributed by atoms with E-state index in [9.17, 15) is 8.42 Å². The molecule has 0 bridgehead atoms. The first-order valence-corrected chi connectivity index (χ1v) is 7.39. The zero-order valence-electron chi connectivity index (χ0n) is 10.7. The second-order valence-electron chi connectivity index (χ2n) is 3.66. The molecule has 0 spiro atoms. The van der Waals surface area contributed by atoms with Crippen molar-refractivity contribution in [1.82, 2.24) is 10.0 Å². The third-order valence-electron chi connectivity index (χ3n) is 2.32. The molecule has 0 aliphatic rings. The summed E-state index contributed by atoms with van der Waals surface area (Å²) in [7, 11) is -2.13. The normalized spacial score (nSPS) is 11.9. The summed E-state index contributed by atoms with van der Waals surface area (Å²) in [5.41, 5.74) is 0. The minimum atomic E-state index is -3.48. The summed E-state index contributed by atoms with van der Waals surface area (Å²) in [6.07, 6.45) is 0.913. The molecule has 104 valence electrons. The molecule has 0 unspecified atom stereocenters. The molecule has 18 heavy (non-hydrogen) atoms. The molecular formula is C11H20N2O4S. The zero-order chi connectivity index (χ0) is 13.4. The Morgan fingerprint density at radius 1 is 1.39 bits per heavy atom. The number of hydrogen-bond donors (Lipinski definition) is 2. The van der Waals surface area contributed by atoms with Gasteiger partial charge < -0.3 is 14.5 Å². The van der Waals surface area contributed by atoms with Crippen molar-refractivity contribution in [2.45, 2.75) is 25.0 Å². The van der Waals surface area contributed by atoms with Gasteiger partial charge in [0.1, 0.15) is 5.76 Å². The second kappa shape index (κ2) is 7.52. The van der Waals surface area contributed by atoms with E-state index in [1.54, 1.807) is 6.07 Å². The molecule has 0 amide bonds. The number of ether oxygens (including phenoxy) is 1. The van der Waals surface area contributed by atoms with Crippen LogP contribution in [-0.2, 0) is 21.3 Å². The van der Waals surface area contributed by atoms with E-state index in [-0.39, 0.29) is 5.09 Å². The maximum atomic E-state index is 11.4. The van der Waals surface area contributed by atoms with Gasteiger partial charge in [-0.15, -0.1) is 0 Å². The van der Waals surface area contributed by atoms with Crippen LogP contribution in [0, 0.1) is 0 Å². The topological polar surface area (TPSA) is 80.6 Å². The van der Waals surface area contributed by atoms with Crippen molar-refractivity contribution >= 4 is 10.0 Å². The molecular weight excluding hydrogens is 256 g/mol. The van der Waals surface area contributed by atoms with Gasteiger partial charge in [0.25, 0.3) is 10.0 Å². The maximum absolute atomic E-state index is 11.4. The van der Waals surface area contributed by atoms with Crippen LogP contribution >= 0.6 is 0 Å². The molecule has 1 aromatic rings. The second-order valence-corrected chi connectivity index (χ2v) is 5.47. The van der Waals surface area contributed by atoms with Crippen LogP contribution in [0.2, 0.25) is 0 Å². The number of sulfonamides is 1. The van der Waals surface area contributed by atoms with E-state index < -0.39 is 10.0 Å². The van der Waals surface area contributed by atoms with E-state index in [1.807, 2.05) is 6.92 Å². The molecule has 1 rings (SSSR count). The summed E-state index contributed by atoms with van der Waals surface area (Å²) < 4.78 is 35.5. The average Bonchev–Trinajstić information content (AvgIpc) is 2.83. The maximum Gasteiger partial charge on any atom is 0.273 e. The van der Waals surface area contributed by atoms with Gasteiger partial charge in [0.15, 0.2) is 0 Å². The first-order chi connectivity index (χ1) is 8.60. The van der Waals surface area contributed by atoms with E-state index in [1.165, 1.54) is 13.1 Å². The van der Waals surface area contributed by atoms with E-state index >= 15 is 0 Å². The largest absolute Gasteiger partial charge is 0.447 e. The van der Waals surface area contributed by atoms with Crippen LogP contribution in [0.15, 0.2) is 21.6 Å². The lowest BCUT2D eigenvalue weighted by Gasteiger charge is -2.03. The first-order valence-electron chi connectivity index (χ1n) is 5.91. The number of hydrogen-bond acceptors (Lipinski definition) is 5. The molecule has 0 aliphatic carbocycles. The fourth-order valence-corrected chi connectivity index (χ4v) is 2.02. The molecule has 7 heteroatoms. The molecule has 0 radical (unpaired) electrons. The quantitative estimate of drug-likeness (QED) is 0.649. The Bertz CT molecular complexity index is 442. The van der Waals surface area contributed by atoms with Crippen molar-refractivity contribution in [3.8, 4) is 0 Å². The highest BCUT2D eigenvalue weighted by molar-refractivity contribution is 7.89. The average molecular weight is 276 g/mol. The van der Waals surface area contributed by atoms with Gasteiger partial charge >= 0.3 is 0 Å². The summed E-state index contributed by atoms with van der Waals surface area (Å²) >= 11 is 0. The Balaban J connectivity index is 2.32. The van der Waals surface area contributed by atoms with Gasteiger partial charge in [-0.1, -0.05) is 0 Å². The van der Waals surface area contributed by atoms with Gasteiger partial charge in [-0.05, 0) is 39.1 Å². The summed E-state index contributed by atoms with van der Waals surface area (Å²) in [5, 5.41) is 3.10. The summed E-state index contributed by atoms with van der Waals surface area (Å²) in [6, 6.07) is 3.10. The van der Waals surface area contributed by atoms with E-state index in [2.05, 4.69) is 10.0 Å². The molecule has 2 N–H and O–H groups in total. The van der Waals surface area contributed by atoms with Crippen molar-refractivity contribution in [1.29, 1.82) is 0 Å². The Hall–Kier alpha value is -0.890. The van der Waals surface area contributed by atoms with E-state index in [0.29, 0.717) is 12.3 Å². The van der Waals surface area contributed by atoms with Crippen molar-refractivity contribution in [3.63, 3.8) is 0 Å². The monoisotopic (exact) mass is 276 g/mol. The smallest absolute Gasteiger partial charge is 0.273 e. The van der Waals surface area contributed by atoms with Gasteiger partial charge in [-0.3, -0.25) is 0 Å². The number of rotatable bonds is 9. The van der Waals surface area contributed by atoms with Gasteiger partial charge in [0, 0.05) is 13.2 Å². The van der Waals surface area contributed by atoms with Gasteiger partial charge in [0.05, 0.1) is 6.54 Å². The lowest BCUT2D eigenvalue weighted by Crippen LogP contribution is -2.18.